The molecule has 3 heterocycles. The second kappa shape index (κ2) is 16.9. The van der Waals surface area contributed by atoms with E-state index in [9.17, 15) is 0 Å². The van der Waals surface area contributed by atoms with Crippen LogP contribution in [0.2, 0.25) is 0 Å². The Kier molecular flexibility index (Phi) is 10.7. The minimum absolute atomic E-state index is 0.0312. The Morgan fingerprint density at radius 2 is 0.973 bits per heavy atom. The van der Waals surface area contributed by atoms with Crippen LogP contribution in [0.4, 0.5) is 51.2 Å². The molecule has 2 aliphatic heterocycles. The van der Waals surface area contributed by atoms with Crippen molar-refractivity contribution in [3.8, 4) is 11.1 Å². The van der Waals surface area contributed by atoms with Crippen LogP contribution in [-0.4, -0.2) is 6.71 Å². The molecule has 10 aromatic rings. The monoisotopic (exact) mass is 950 g/mol. The van der Waals surface area contributed by atoms with Gasteiger partial charge in [-0.1, -0.05) is 172 Å². The maximum atomic E-state index is 6.53. The number of furan rings is 1. The molecule has 0 bridgehead atoms. The molecule has 2 aliphatic rings. The highest BCUT2D eigenvalue weighted by Gasteiger charge is 2.45. The first kappa shape index (κ1) is 46.3. The van der Waals surface area contributed by atoms with Gasteiger partial charge in [0, 0.05) is 61.8 Å². The number of fused-ring (bicyclic) bond motifs is 7. The van der Waals surface area contributed by atoms with Crippen molar-refractivity contribution >= 4 is 96.2 Å². The first-order valence-electron chi connectivity index (χ1n) is 26.0. The average Bonchev–Trinajstić information content (AvgIpc) is 3.76. The fourth-order valence-corrected chi connectivity index (χ4v) is 11.6. The number of hydrogen-bond donors (Lipinski definition) is 0. The van der Waals surface area contributed by atoms with E-state index >= 15 is 0 Å². The largest absolute Gasteiger partial charge is 0.455 e. The summed E-state index contributed by atoms with van der Waals surface area (Å²) in [5.41, 5.74) is 24.8. The molecule has 73 heavy (non-hydrogen) atoms. The summed E-state index contributed by atoms with van der Waals surface area (Å²) in [5, 5.41) is 2.27. The van der Waals surface area contributed by atoms with Crippen LogP contribution < -0.4 is 31.1 Å². The molecular formula is C68H64BN3O. The van der Waals surface area contributed by atoms with E-state index in [4.69, 9.17) is 4.42 Å². The van der Waals surface area contributed by atoms with Crippen LogP contribution in [0.5, 0.6) is 0 Å². The summed E-state index contributed by atoms with van der Waals surface area (Å²) in [5.74, 6) is 0. The molecule has 0 atom stereocenters. The van der Waals surface area contributed by atoms with Crippen LogP contribution in [0.1, 0.15) is 90.1 Å². The Balaban J connectivity index is 1.11. The highest BCUT2D eigenvalue weighted by atomic mass is 16.3. The van der Waals surface area contributed by atoms with Crippen LogP contribution >= 0.6 is 0 Å². The van der Waals surface area contributed by atoms with E-state index in [1.807, 2.05) is 6.07 Å². The van der Waals surface area contributed by atoms with Gasteiger partial charge in [0.1, 0.15) is 11.2 Å². The molecule has 1 aromatic heterocycles. The number of rotatable bonds is 6. The smallest absolute Gasteiger partial charge is 0.252 e. The van der Waals surface area contributed by atoms with E-state index in [0.717, 1.165) is 55.8 Å². The number of para-hydroxylation sites is 4. The van der Waals surface area contributed by atoms with E-state index in [1.54, 1.807) is 0 Å². The fraction of sp³-hybridized carbons (Fsp3) is 0.206. The van der Waals surface area contributed by atoms with Gasteiger partial charge in [-0.25, -0.2) is 0 Å². The minimum atomic E-state index is -0.125. The van der Waals surface area contributed by atoms with Gasteiger partial charge in [0.05, 0.1) is 5.69 Å². The molecule has 0 spiro atoms. The molecule has 0 amide bonds. The Morgan fingerprint density at radius 1 is 0.425 bits per heavy atom. The first-order valence-corrected chi connectivity index (χ1v) is 26.0. The summed E-state index contributed by atoms with van der Waals surface area (Å²) in [7, 11) is 0. The van der Waals surface area contributed by atoms with Gasteiger partial charge in [0.15, 0.2) is 0 Å². The summed E-state index contributed by atoms with van der Waals surface area (Å²) in [4.78, 5) is 7.60. The average molecular weight is 950 g/mol. The molecule has 5 heteroatoms. The summed E-state index contributed by atoms with van der Waals surface area (Å²) >= 11 is 0. The normalized spacial score (nSPS) is 13.3. The Hall–Kier alpha value is -7.76. The standard InChI is InChI=1S/C68H64BN3O/c1-43-19-17-20-44(2)64(43)72-59-38-36-52(70(49-21-13-12-14-22-49)50-32-27-45(28-33-50)53-24-18-25-55-54-23-15-16-26-62(54)73-65(53)55)42-57(59)69-56-39-47(67(6,7)8)31-37-58(56)71(51-34-29-46(30-35-51)66(3,4)5)60-40-48(68(9,10)11)41-61(72)63(60)69/h12-42H,1-11H3. The maximum absolute atomic E-state index is 6.53. The predicted molar refractivity (Wildman–Crippen MR) is 313 cm³/mol. The lowest BCUT2D eigenvalue weighted by Crippen LogP contribution is -2.61. The third-order valence-electron chi connectivity index (χ3n) is 15.5. The lowest BCUT2D eigenvalue weighted by atomic mass is 9.33. The van der Waals surface area contributed by atoms with Gasteiger partial charge < -0.3 is 19.1 Å². The zero-order valence-corrected chi connectivity index (χ0v) is 44.2. The maximum Gasteiger partial charge on any atom is 0.252 e. The first-order chi connectivity index (χ1) is 34.9. The lowest BCUT2D eigenvalue weighted by Gasteiger charge is -2.46. The highest BCUT2D eigenvalue weighted by molar-refractivity contribution is 7.00. The van der Waals surface area contributed by atoms with Crippen molar-refractivity contribution in [2.75, 3.05) is 14.7 Å². The van der Waals surface area contributed by atoms with E-state index in [1.165, 1.54) is 72.6 Å². The van der Waals surface area contributed by atoms with Crippen LogP contribution in [0.3, 0.4) is 0 Å². The molecule has 0 saturated heterocycles. The van der Waals surface area contributed by atoms with Crippen molar-refractivity contribution in [1.29, 1.82) is 0 Å². The van der Waals surface area contributed by atoms with Crippen molar-refractivity contribution in [2.24, 2.45) is 0 Å². The van der Waals surface area contributed by atoms with Gasteiger partial charge in [-0.05, 0) is 159 Å². The molecule has 4 nitrogen and oxygen atoms in total. The Morgan fingerprint density at radius 3 is 1.66 bits per heavy atom. The summed E-state index contributed by atoms with van der Waals surface area (Å²) in [6, 6.07) is 70.3. The molecule has 12 rings (SSSR count). The molecule has 0 radical (unpaired) electrons. The molecule has 9 aromatic carbocycles. The molecule has 0 N–H and O–H groups in total. The third kappa shape index (κ3) is 7.75. The summed E-state index contributed by atoms with van der Waals surface area (Å²) < 4.78 is 6.53. The van der Waals surface area contributed by atoms with Crippen LogP contribution in [0.25, 0.3) is 33.1 Å². The van der Waals surface area contributed by atoms with Gasteiger partial charge in [-0.15, -0.1) is 0 Å². The zero-order valence-electron chi connectivity index (χ0n) is 44.2. The van der Waals surface area contributed by atoms with Crippen molar-refractivity contribution < 1.29 is 4.42 Å². The number of nitrogens with zero attached hydrogens (tertiary/aromatic N) is 3. The Bertz CT molecular complexity index is 3750. The van der Waals surface area contributed by atoms with Gasteiger partial charge in [0.25, 0.3) is 6.71 Å². The topological polar surface area (TPSA) is 22.9 Å². The molecule has 0 saturated carbocycles. The number of anilines is 9. The van der Waals surface area contributed by atoms with Gasteiger partial charge in [-0.3, -0.25) is 0 Å². The highest BCUT2D eigenvalue weighted by Crippen LogP contribution is 2.49. The molecule has 360 valence electrons. The van der Waals surface area contributed by atoms with Crippen LogP contribution in [-0.2, 0) is 16.2 Å². The van der Waals surface area contributed by atoms with Gasteiger partial charge >= 0.3 is 0 Å². The van der Waals surface area contributed by atoms with E-state index in [2.05, 4.69) is 273 Å². The van der Waals surface area contributed by atoms with Gasteiger partial charge in [-0.2, -0.15) is 0 Å². The molecule has 0 aliphatic carbocycles. The van der Waals surface area contributed by atoms with E-state index in [-0.39, 0.29) is 23.0 Å². The Labute approximate surface area is 432 Å². The van der Waals surface area contributed by atoms with Crippen LogP contribution in [0.15, 0.2) is 192 Å². The predicted octanol–water partition coefficient (Wildman–Crippen LogP) is 17.3. The number of hydrogen-bond acceptors (Lipinski definition) is 4. The van der Waals surface area contributed by atoms with Crippen molar-refractivity contribution in [2.45, 2.75) is 92.4 Å². The van der Waals surface area contributed by atoms with E-state index in [0.29, 0.717) is 0 Å². The summed E-state index contributed by atoms with van der Waals surface area (Å²) in [6.45, 7) is 25.4. The van der Waals surface area contributed by atoms with Crippen molar-refractivity contribution in [3.05, 3.63) is 216 Å². The molecular weight excluding hydrogens is 886 g/mol. The SMILES string of the molecule is Cc1cccc(C)c1N1c2ccc(N(c3ccccc3)c3ccc(-c4cccc5c4oc4ccccc45)cc3)cc2B2c3cc(C(C)(C)C)ccc3N(c3ccc(C(C)(C)C)cc3)c3cc(C(C)(C)C)cc1c32. The summed E-state index contributed by atoms with van der Waals surface area (Å²) in [6.07, 6.45) is 0. The van der Waals surface area contributed by atoms with E-state index < -0.39 is 0 Å². The van der Waals surface area contributed by atoms with Crippen molar-refractivity contribution in [3.63, 3.8) is 0 Å². The second-order valence-corrected chi connectivity index (χ2v) is 23.6. The molecule has 0 fully saturated rings. The minimum Gasteiger partial charge on any atom is -0.455 e. The number of aryl methyl sites for hydroxylation is 2. The number of benzene rings is 9. The zero-order chi connectivity index (χ0) is 50.7. The molecule has 0 unspecified atom stereocenters. The quantitative estimate of drug-likeness (QED) is 0.155. The van der Waals surface area contributed by atoms with Crippen molar-refractivity contribution in [1.82, 2.24) is 0 Å². The fourth-order valence-electron chi connectivity index (χ4n) is 11.6. The van der Waals surface area contributed by atoms with Crippen LogP contribution in [0, 0.1) is 13.8 Å². The second-order valence-electron chi connectivity index (χ2n) is 23.6. The van der Waals surface area contributed by atoms with Gasteiger partial charge in [0.2, 0.25) is 0 Å². The lowest BCUT2D eigenvalue weighted by molar-refractivity contribution is 0.589. The third-order valence-corrected chi connectivity index (χ3v) is 15.5.